The number of hydrogen-bond acceptors (Lipinski definition) is 2. The summed E-state index contributed by atoms with van der Waals surface area (Å²) in [7, 11) is 0. The Morgan fingerprint density at radius 2 is 2.10 bits per heavy atom. The van der Waals surface area contributed by atoms with Crippen molar-refractivity contribution in [1.29, 1.82) is 0 Å². The molecule has 114 valence electrons. The van der Waals surface area contributed by atoms with Crippen LogP contribution in [0.15, 0.2) is 12.3 Å². The summed E-state index contributed by atoms with van der Waals surface area (Å²) in [4.78, 5) is 9.38. The monoisotopic (exact) mass is 305 g/mol. The zero-order valence-corrected chi connectivity index (χ0v) is 13.7. The third-order valence-electron chi connectivity index (χ3n) is 4.92. The molecular weight excluding hydrogens is 282 g/mol. The molecule has 1 unspecified atom stereocenters. The predicted molar refractivity (Wildman–Crippen MR) is 87.7 cm³/mol. The normalized spacial score (nSPS) is 18.2. The lowest BCUT2D eigenvalue weighted by Crippen LogP contribution is -2.23. The lowest BCUT2D eigenvalue weighted by atomic mass is 9.82. The second-order valence-electron chi connectivity index (χ2n) is 6.21. The van der Waals surface area contributed by atoms with Gasteiger partial charge in [-0.3, -0.25) is 0 Å². The highest BCUT2D eigenvalue weighted by atomic mass is 35.5. The SMILES string of the molecule is CCC(C1CCCCC1)n1c(CCl)nc2c(C)ccnc21. The van der Waals surface area contributed by atoms with Gasteiger partial charge in [0.05, 0.1) is 5.88 Å². The minimum absolute atomic E-state index is 0.457. The van der Waals surface area contributed by atoms with Gasteiger partial charge in [0.2, 0.25) is 0 Å². The van der Waals surface area contributed by atoms with E-state index in [1.54, 1.807) is 0 Å². The fourth-order valence-corrected chi connectivity index (χ4v) is 4.03. The Hall–Kier alpha value is -1.09. The van der Waals surface area contributed by atoms with Crippen molar-refractivity contribution in [2.75, 3.05) is 0 Å². The number of aryl methyl sites for hydroxylation is 1. The highest BCUT2D eigenvalue weighted by Crippen LogP contribution is 2.37. The van der Waals surface area contributed by atoms with E-state index in [0.29, 0.717) is 11.9 Å². The van der Waals surface area contributed by atoms with Crippen LogP contribution >= 0.6 is 11.6 Å². The van der Waals surface area contributed by atoms with Crippen LogP contribution in [-0.4, -0.2) is 14.5 Å². The molecule has 1 aliphatic rings. The van der Waals surface area contributed by atoms with E-state index in [9.17, 15) is 0 Å². The Bertz CT molecular complexity index is 614. The van der Waals surface area contributed by atoms with Crippen LogP contribution in [0, 0.1) is 12.8 Å². The molecular formula is C17H24ClN3. The molecule has 1 atom stereocenters. The molecule has 0 spiro atoms. The standard InChI is InChI=1S/C17H24ClN3/c1-3-14(13-7-5-4-6-8-13)21-15(11-18)20-16-12(2)9-10-19-17(16)21/h9-10,13-14H,3-8,11H2,1-2H3. The molecule has 2 aromatic rings. The number of nitrogens with zero attached hydrogens (tertiary/aromatic N) is 3. The minimum Gasteiger partial charge on any atom is -0.308 e. The maximum atomic E-state index is 6.18. The van der Waals surface area contributed by atoms with Crippen molar-refractivity contribution in [2.24, 2.45) is 5.92 Å². The van der Waals surface area contributed by atoms with Crippen molar-refractivity contribution in [1.82, 2.24) is 14.5 Å². The highest BCUT2D eigenvalue weighted by Gasteiger charge is 2.27. The molecule has 0 radical (unpaired) electrons. The van der Waals surface area contributed by atoms with Gasteiger partial charge in [-0.15, -0.1) is 11.6 Å². The van der Waals surface area contributed by atoms with Crippen LogP contribution in [-0.2, 0) is 5.88 Å². The van der Waals surface area contributed by atoms with Crippen molar-refractivity contribution in [2.45, 2.75) is 64.3 Å². The van der Waals surface area contributed by atoms with Gasteiger partial charge in [-0.1, -0.05) is 26.2 Å². The number of rotatable bonds is 4. The Labute approximate surface area is 131 Å². The lowest BCUT2D eigenvalue weighted by Gasteiger charge is -2.31. The molecule has 2 heterocycles. The fraction of sp³-hybridized carbons (Fsp3) is 0.647. The van der Waals surface area contributed by atoms with Crippen LogP contribution in [0.25, 0.3) is 11.2 Å². The Balaban J connectivity index is 2.09. The average molecular weight is 306 g/mol. The zero-order valence-electron chi connectivity index (χ0n) is 13.0. The summed E-state index contributed by atoms with van der Waals surface area (Å²) in [5, 5.41) is 0. The molecule has 2 aromatic heterocycles. The van der Waals surface area contributed by atoms with Crippen molar-refractivity contribution >= 4 is 22.8 Å². The van der Waals surface area contributed by atoms with Crippen molar-refractivity contribution in [3.8, 4) is 0 Å². The predicted octanol–water partition coefficient (Wildman–Crippen LogP) is 5.01. The van der Waals surface area contributed by atoms with Crippen molar-refractivity contribution in [3.05, 3.63) is 23.7 Å². The molecule has 0 aromatic carbocycles. The maximum absolute atomic E-state index is 6.18. The van der Waals surface area contributed by atoms with E-state index in [1.807, 2.05) is 12.3 Å². The first-order chi connectivity index (χ1) is 10.3. The quantitative estimate of drug-likeness (QED) is 0.743. The third kappa shape index (κ3) is 2.68. The average Bonchev–Trinajstić information content (AvgIpc) is 2.90. The largest absolute Gasteiger partial charge is 0.308 e. The van der Waals surface area contributed by atoms with Gasteiger partial charge in [-0.25, -0.2) is 9.97 Å². The Kier molecular flexibility index (Phi) is 4.48. The summed E-state index contributed by atoms with van der Waals surface area (Å²) >= 11 is 6.18. The van der Waals surface area contributed by atoms with E-state index >= 15 is 0 Å². The molecule has 0 saturated heterocycles. The molecule has 4 heteroatoms. The first-order valence-electron chi connectivity index (χ1n) is 8.14. The number of hydrogen-bond donors (Lipinski definition) is 0. The Morgan fingerprint density at radius 1 is 1.33 bits per heavy atom. The molecule has 0 N–H and O–H groups in total. The summed E-state index contributed by atoms with van der Waals surface area (Å²) < 4.78 is 2.34. The van der Waals surface area contributed by atoms with Crippen LogP contribution in [0.1, 0.15) is 62.9 Å². The summed E-state index contributed by atoms with van der Waals surface area (Å²) in [6.07, 6.45) is 9.76. The number of pyridine rings is 1. The first-order valence-corrected chi connectivity index (χ1v) is 8.68. The number of imidazole rings is 1. The first kappa shape index (κ1) is 14.8. The summed E-state index contributed by atoms with van der Waals surface area (Å²) in [5.41, 5.74) is 3.22. The molecule has 1 fully saturated rings. The van der Waals surface area contributed by atoms with Gasteiger partial charge in [0.15, 0.2) is 5.65 Å². The summed E-state index contributed by atoms with van der Waals surface area (Å²) in [5.74, 6) is 2.18. The molecule has 0 amide bonds. The van der Waals surface area contributed by atoms with Crippen LogP contribution in [0.4, 0.5) is 0 Å². The number of aromatic nitrogens is 3. The van der Waals surface area contributed by atoms with E-state index in [-0.39, 0.29) is 0 Å². The van der Waals surface area contributed by atoms with Crippen molar-refractivity contribution in [3.63, 3.8) is 0 Å². The number of fused-ring (bicyclic) bond motifs is 1. The summed E-state index contributed by atoms with van der Waals surface area (Å²) in [6.45, 7) is 4.37. The van der Waals surface area contributed by atoms with Gasteiger partial charge in [0.25, 0.3) is 0 Å². The summed E-state index contributed by atoms with van der Waals surface area (Å²) in [6, 6.07) is 2.51. The van der Waals surface area contributed by atoms with E-state index in [4.69, 9.17) is 16.6 Å². The van der Waals surface area contributed by atoms with Gasteiger partial charge in [-0.2, -0.15) is 0 Å². The van der Waals surface area contributed by atoms with Crippen LogP contribution in [0.3, 0.4) is 0 Å². The van der Waals surface area contributed by atoms with E-state index < -0.39 is 0 Å². The lowest BCUT2D eigenvalue weighted by molar-refractivity contribution is 0.243. The van der Waals surface area contributed by atoms with E-state index in [2.05, 4.69) is 23.4 Å². The van der Waals surface area contributed by atoms with Gasteiger partial charge in [0, 0.05) is 12.2 Å². The van der Waals surface area contributed by atoms with Crippen molar-refractivity contribution < 1.29 is 0 Å². The fourth-order valence-electron chi connectivity index (χ4n) is 3.84. The van der Waals surface area contributed by atoms with Crippen LogP contribution in [0.5, 0.6) is 0 Å². The zero-order chi connectivity index (χ0) is 14.8. The Morgan fingerprint density at radius 3 is 2.76 bits per heavy atom. The van der Waals surface area contributed by atoms with Gasteiger partial charge < -0.3 is 4.57 Å². The maximum Gasteiger partial charge on any atom is 0.160 e. The van der Waals surface area contributed by atoms with Crippen LogP contribution < -0.4 is 0 Å². The number of halogens is 1. The smallest absolute Gasteiger partial charge is 0.160 e. The second kappa shape index (κ2) is 6.35. The van der Waals surface area contributed by atoms with E-state index in [1.165, 1.54) is 37.7 Å². The van der Waals surface area contributed by atoms with Gasteiger partial charge in [0.1, 0.15) is 11.3 Å². The van der Waals surface area contributed by atoms with Crippen LogP contribution in [0.2, 0.25) is 0 Å². The third-order valence-corrected chi connectivity index (χ3v) is 5.16. The minimum atomic E-state index is 0.457. The van der Waals surface area contributed by atoms with Gasteiger partial charge in [-0.05, 0) is 43.7 Å². The molecule has 0 bridgehead atoms. The highest BCUT2D eigenvalue weighted by molar-refractivity contribution is 6.16. The molecule has 3 nitrogen and oxygen atoms in total. The molecule has 3 rings (SSSR count). The van der Waals surface area contributed by atoms with Gasteiger partial charge >= 0.3 is 0 Å². The number of alkyl halides is 1. The topological polar surface area (TPSA) is 30.7 Å². The second-order valence-corrected chi connectivity index (χ2v) is 6.47. The molecule has 1 saturated carbocycles. The molecule has 1 aliphatic carbocycles. The molecule has 21 heavy (non-hydrogen) atoms. The molecule has 0 aliphatic heterocycles. The van der Waals surface area contributed by atoms with E-state index in [0.717, 1.165) is 29.3 Å².